The van der Waals surface area contributed by atoms with Gasteiger partial charge in [0.25, 0.3) is 5.91 Å². The Morgan fingerprint density at radius 1 is 1.11 bits per heavy atom. The van der Waals surface area contributed by atoms with Crippen molar-refractivity contribution in [3.8, 4) is 11.1 Å². The first kappa shape index (κ1) is 18.7. The van der Waals surface area contributed by atoms with E-state index in [9.17, 15) is 9.59 Å². The molecule has 0 saturated carbocycles. The first-order valence-corrected chi connectivity index (χ1v) is 8.77. The average Bonchev–Trinajstić information content (AvgIpc) is 2.66. The summed E-state index contributed by atoms with van der Waals surface area (Å²) in [7, 11) is 0. The molecule has 3 rings (SSSR count). The highest BCUT2D eigenvalue weighted by Crippen LogP contribution is 2.27. The zero-order chi connectivity index (χ0) is 19.4. The zero-order valence-corrected chi connectivity index (χ0v) is 15.5. The van der Waals surface area contributed by atoms with Crippen LogP contribution < -0.4 is 11.1 Å². The third-order valence-corrected chi connectivity index (χ3v) is 4.46. The normalized spacial score (nSPS) is 10.4. The van der Waals surface area contributed by atoms with Crippen LogP contribution in [0.5, 0.6) is 0 Å². The highest BCUT2D eigenvalue weighted by Gasteiger charge is 2.13. The molecule has 3 aromatic carbocycles. The quantitative estimate of drug-likeness (QED) is 0.701. The summed E-state index contributed by atoms with van der Waals surface area (Å²) in [4.78, 5) is 24.1. The first-order chi connectivity index (χ1) is 13.0. The third-order valence-electron chi connectivity index (χ3n) is 4.23. The van der Waals surface area contributed by atoms with Crippen molar-refractivity contribution in [2.45, 2.75) is 13.5 Å². The van der Waals surface area contributed by atoms with Crippen molar-refractivity contribution in [3.63, 3.8) is 0 Å². The van der Waals surface area contributed by atoms with Crippen molar-refractivity contribution in [2.24, 2.45) is 5.73 Å². The SMILES string of the molecule is Cc1cc[c]c(C(N)=O)c1-c1ccc(C(=O)NCc2cccc(Cl)c2)cc1. The van der Waals surface area contributed by atoms with Crippen LogP contribution >= 0.6 is 11.6 Å². The van der Waals surface area contributed by atoms with E-state index in [1.807, 2.05) is 31.2 Å². The summed E-state index contributed by atoms with van der Waals surface area (Å²) in [6.45, 7) is 2.29. The summed E-state index contributed by atoms with van der Waals surface area (Å²) in [5.74, 6) is -0.718. The number of hydrogen-bond acceptors (Lipinski definition) is 2. The molecule has 1 radical (unpaired) electrons. The van der Waals surface area contributed by atoms with Crippen LogP contribution in [0, 0.1) is 13.0 Å². The van der Waals surface area contributed by atoms with Crippen LogP contribution in [0.4, 0.5) is 0 Å². The second-order valence-electron chi connectivity index (χ2n) is 6.16. The fourth-order valence-electron chi connectivity index (χ4n) is 2.89. The molecule has 0 fully saturated rings. The minimum absolute atomic E-state index is 0.187. The molecule has 27 heavy (non-hydrogen) atoms. The number of hydrogen-bond donors (Lipinski definition) is 2. The van der Waals surface area contributed by atoms with E-state index in [4.69, 9.17) is 17.3 Å². The van der Waals surface area contributed by atoms with Crippen LogP contribution in [-0.4, -0.2) is 11.8 Å². The minimum atomic E-state index is -0.531. The number of amides is 2. The lowest BCUT2D eigenvalue weighted by Gasteiger charge is -2.11. The molecule has 0 spiro atoms. The van der Waals surface area contributed by atoms with Gasteiger partial charge in [0.05, 0.1) is 5.56 Å². The van der Waals surface area contributed by atoms with Gasteiger partial charge in [-0.2, -0.15) is 0 Å². The average molecular weight is 378 g/mol. The second-order valence-corrected chi connectivity index (χ2v) is 6.60. The Kier molecular flexibility index (Phi) is 5.57. The van der Waals surface area contributed by atoms with Gasteiger partial charge >= 0.3 is 0 Å². The predicted octanol–water partition coefficient (Wildman–Crippen LogP) is 4.14. The molecule has 3 N–H and O–H groups in total. The van der Waals surface area contributed by atoms with Gasteiger partial charge in [0.15, 0.2) is 0 Å². The number of aryl methyl sites for hydroxylation is 1. The molecule has 0 bridgehead atoms. The van der Waals surface area contributed by atoms with Crippen LogP contribution in [0.25, 0.3) is 11.1 Å². The molecule has 135 valence electrons. The fraction of sp³-hybridized carbons (Fsp3) is 0.0909. The number of primary amides is 1. The van der Waals surface area contributed by atoms with Crippen LogP contribution in [0.1, 0.15) is 31.8 Å². The molecule has 0 aliphatic carbocycles. The number of nitrogens with two attached hydrogens (primary N) is 1. The lowest BCUT2D eigenvalue weighted by molar-refractivity contribution is 0.0949. The van der Waals surface area contributed by atoms with E-state index in [0.717, 1.165) is 22.3 Å². The van der Waals surface area contributed by atoms with E-state index in [1.165, 1.54) is 0 Å². The second kappa shape index (κ2) is 8.06. The molecule has 0 unspecified atom stereocenters. The Bertz CT molecular complexity index is 997. The van der Waals surface area contributed by atoms with E-state index in [1.54, 1.807) is 36.4 Å². The number of nitrogens with one attached hydrogen (secondary N) is 1. The molecule has 0 atom stereocenters. The van der Waals surface area contributed by atoms with Crippen LogP contribution in [-0.2, 0) is 6.54 Å². The van der Waals surface area contributed by atoms with Crippen LogP contribution in [0.15, 0.2) is 60.7 Å². The summed E-state index contributed by atoms with van der Waals surface area (Å²) < 4.78 is 0. The van der Waals surface area contributed by atoms with Gasteiger partial charge in [-0.15, -0.1) is 0 Å². The summed E-state index contributed by atoms with van der Waals surface area (Å²) in [5, 5.41) is 3.50. The number of halogens is 1. The molecule has 2 amide bonds. The van der Waals surface area contributed by atoms with Crippen LogP contribution in [0.2, 0.25) is 5.02 Å². The molecule has 0 saturated heterocycles. The Hall–Kier alpha value is -3.11. The summed E-state index contributed by atoms with van der Waals surface area (Å²) in [5.41, 5.74) is 9.71. The standard InChI is InChI=1S/C22H18ClN2O2/c1-14-4-2-7-19(21(24)26)20(14)16-8-10-17(11-9-16)22(27)25-13-15-5-3-6-18(23)12-15/h2-6,8-12H,13H2,1H3,(H2,24,26)(H,25,27). The van der Waals surface area contributed by atoms with Crippen molar-refractivity contribution in [3.05, 3.63) is 94.0 Å². The number of carbonyl (C=O) groups is 2. The van der Waals surface area contributed by atoms with Crippen molar-refractivity contribution in [2.75, 3.05) is 0 Å². The van der Waals surface area contributed by atoms with E-state index in [2.05, 4.69) is 11.4 Å². The van der Waals surface area contributed by atoms with Crippen molar-refractivity contribution < 1.29 is 9.59 Å². The van der Waals surface area contributed by atoms with E-state index in [-0.39, 0.29) is 5.91 Å². The Labute approximate surface area is 163 Å². The fourth-order valence-corrected chi connectivity index (χ4v) is 3.10. The van der Waals surface area contributed by atoms with Gasteiger partial charge in [-0.3, -0.25) is 9.59 Å². The lowest BCUT2D eigenvalue weighted by Crippen LogP contribution is -2.22. The summed E-state index contributed by atoms with van der Waals surface area (Å²) in [6, 6.07) is 20.8. The van der Waals surface area contributed by atoms with Gasteiger partial charge in [0, 0.05) is 17.1 Å². The Morgan fingerprint density at radius 3 is 2.52 bits per heavy atom. The van der Waals surface area contributed by atoms with Gasteiger partial charge < -0.3 is 11.1 Å². The molecule has 0 aromatic heterocycles. The van der Waals surface area contributed by atoms with E-state index in [0.29, 0.717) is 22.7 Å². The number of benzene rings is 3. The van der Waals surface area contributed by atoms with Crippen LogP contribution in [0.3, 0.4) is 0 Å². The molecule has 0 aliphatic rings. The van der Waals surface area contributed by atoms with Gasteiger partial charge in [-0.25, -0.2) is 0 Å². The largest absolute Gasteiger partial charge is 0.366 e. The maximum Gasteiger partial charge on any atom is 0.251 e. The maximum absolute atomic E-state index is 12.4. The molecule has 5 heteroatoms. The van der Waals surface area contributed by atoms with E-state index >= 15 is 0 Å². The number of carbonyl (C=O) groups excluding carboxylic acids is 2. The summed E-state index contributed by atoms with van der Waals surface area (Å²) >= 11 is 5.95. The Morgan fingerprint density at radius 2 is 1.85 bits per heavy atom. The summed E-state index contributed by atoms with van der Waals surface area (Å²) in [6.07, 6.45) is 0. The lowest BCUT2D eigenvalue weighted by atomic mass is 9.94. The minimum Gasteiger partial charge on any atom is -0.366 e. The van der Waals surface area contributed by atoms with Crippen molar-refractivity contribution in [1.29, 1.82) is 0 Å². The van der Waals surface area contributed by atoms with E-state index < -0.39 is 5.91 Å². The maximum atomic E-state index is 12.4. The zero-order valence-electron chi connectivity index (χ0n) is 14.8. The highest BCUT2D eigenvalue weighted by molar-refractivity contribution is 6.30. The number of rotatable bonds is 5. The molecule has 4 nitrogen and oxygen atoms in total. The predicted molar refractivity (Wildman–Crippen MR) is 107 cm³/mol. The first-order valence-electron chi connectivity index (χ1n) is 8.40. The monoisotopic (exact) mass is 377 g/mol. The molecule has 3 aromatic rings. The van der Waals surface area contributed by atoms with Gasteiger partial charge in [-0.05, 0) is 59.5 Å². The van der Waals surface area contributed by atoms with Crippen molar-refractivity contribution in [1.82, 2.24) is 5.32 Å². The van der Waals surface area contributed by atoms with Gasteiger partial charge in [-0.1, -0.05) is 48.0 Å². The Balaban J connectivity index is 1.78. The molecule has 0 heterocycles. The van der Waals surface area contributed by atoms with Crippen molar-refractivity contribution >= 4 is 23.4 Å². The smallest absolute Gasteiger partial charge is 0.251 e. The molecular weight excluding hydrogens is 360 g/mol. The molecular formula is C22H18ClN2O2. The molecule has 0 aliphatic heterocycles. The topological polar surface area (TPSA) is 72.2 Å². The third kappa shape index (κ3) is 4.36. The highest BCUT2D eigenvalue weighted by atomic mass is 35.5. The van der Waals surface area contributed by atoms with Gasteiger partial charge in [0.2, 0.25) is 5.91 Å². The van der Waals surface area contributed by atoms with Gasteiger partial charge in [0.1, 0.15) is 0 Å².